The molecule has 0 aliphatic rings. The number of nitrogens with one attached hydrogen (secondary N) is 2. The van der Waals surface area contributed by atoms with E-state index in [0.29, 0.717) is 0 Å². The van der Waals surface area contributed by atoms with E-state index < -0.39 is 22.1 Å². The Hall–Kier alpha value is -2.34. The zero-order valence-corrected chi connectivity index (χ0v) is 24.7. The van der Waals surface area contributed by atoms with Crippen LogP contribution in [0.5, 0.6) is 0 Å². The van der Waals surface area contributed by atoms with Gasteiger partial charge in [0, 0.05) is 19.5 Å². The predicted molar refractivity (Wildman–Crippen MR) is 150 cm³/mol. The first-order chi connectivity index (χ1) is 17.2. The van der Waals surface area contributed by atoms with E-state index in [4.69, 9.17) is 11.8 Å². The van der Waals surface area contributed by atoms with E-state index in [0.717, 1.165) is 16.7 Å². The molecule has 2 atom stereocenters. The molecule has 4 aromatic rings. The molecule has 0 aliphatic carbocycles. The van der Waals surface area contributed by atoms with Crippen molar-refractivity contribution >= 4 is 21.8 Å². The Labute approximate surface area is 239 Å². The molecule has 0 aliphatic heterocycles. The topological polar surface area (TPSA) is 58.2 Å². The molecule has 0 spiro atoms. The second kappa shape index (κ2) is 14.6. The molecule has 196 valence electrons. The Morgan fingerprint density at radius 3 is 1.41 bits per heavy atom. The van der Waals surface area contributed by atoms with E-state index in [1.54, 1.807) is 24.3 Å². The summed E-state index contributed by atoms with van der Waals surface area (Å²) in [5.74, 6) is 0. The fourth-order valence-electron chi connectivity index (χ4n) is 4.12. The number of rotatable bonds is 7. The molecule has 0 heterocycles. The zero-order chi connectivity index (χ0) is 26.1. The summed E-state index contributed by atoms with van der Waals surface area (Å²) in [7, 11) is -3.74. The van der Waals surface area contributed by atoms with Gasteiger partial charge in [0.2, 0.25) is 10.0 Å². The molecule has 4 nitrogen and oxygen atoms in total. The zero-order valence-electron chi connectivity index (χ0n) is 21.4. The van der Waals surface area contributed by atoms with Crippen LogP contribution in [-0.4, -0.2) is 8.42 Å². The summed E-state index contributed by atoms with van der Waals surface area (Å²) < 4.78 is 28.8. The second-order valence-corrected chi connectivity index (χ2v) is 10.9. The number of sulfonamides is 1. The van der Waals surface area contributed by atoms with Crippen LogP contribution in [0.1, 0.15) is 45.5 Å². The average Bonchev–Trinajstić information content (AvgIpc) is 2.85. The van der Waals surface area contributed by atoms with E-state index in [-0.39, 0.29) is 24.4 Å². The second-order valence-electron chi connectivity index (χ2n) is 8.99. The van der Waals surface area contributed by atoms with Crippen LogP contribution >= 0.6 is 11.8 Å². The fraction of sp³-hybridized carbons (Fsp3) is 0.200. The Morgan fingerprint density at radius 1 is 0.595 bits per heavy atom. The summed E-state index contributed by atoms with van der Waals surface area (Å²) in [6.45, 7) is 8.29. The van der Waals surface area contributed by atoms with Crippen LogP contribution in [0, 0.1) is 27.7 Å². The number of halogens is 1. The third-order valence-electron chi connectivity index (χ3n) is 5.75. The smallest absolute Gasteiger partial charge is 0.224 e. The fourth-order valence-corrected chi connectivity index (χ4v) is 5.61. The van der Waals surface area contributed by atoms with Gasteiger partial charge in [0.1, 0.15) is 0 Å². The van der Waals surface area contributed by atoms with Gasteiger partial charge < -0.3 is 0 Å². The van der Waals surface area contributed by atoms with Crippen LogP contribution < -0.4 is 9.56 Å². The van der Waals surface area contributed by atoms with Crippen molar-refractivity contribution in [2.24, 2.45) is 0 Å². The van der Waals surface area contributed by atoms with Crippen molar-refractivity contribution in [1.29, 1.82) is 0 Å². The predicted octanol–water partition coefficient (Wildman–Crippen LogP) is 7.11. The van der Waals surface area contributed by atoms with Crippen LogP contribution in [0.15, 0.2) is 108 Å². The van der Waals surface area contributed by atoms with Crippen molar-refractivity contribution in [3.63, 3.8) is 0 Å². The molecule has 0 fully saturated rings. The largest absolute Gasteiger partial charge is 0.241 e. The van der Waals surface area contributed by atoms with Gasteiger partial charge in [0.05, 0.1) is 17.0 Å². The van der Waals surface area contributed by atoms with E-state index in [2.05, 4.69) is 48.5 Å². The molecule has 7 heteroatoms. The summed E-state index contributed by atoms with van der Waals surface area (Å²) in [4.78, 5) is 2.96. The van der Waals surface area contributed by atoms with E-state index >= 15 is 0 Å². The number of hydrogen-bond donors (Lipinski definition) is 2. The van der Waals surface area contributed by atoms with Crippen molar-refractivity contribution in [1.82, 2.24) is 9.56 Å². The molecule has 4 aromatic carbocycles. The van der Waals surface area contributed by atoms with Crippen LogP contribution in [0.2, 0.25) is 0 Å². The van der Waals surface area contributed by atoms with E-state index in [1.807, 2.05) is 67.6 Å². The van der Waals surface area contributed by atoms with Crippen LogP contribution in [0.4, 0.5) is 0 Å². The van der Waals surface area contributed by atoms with E-state index in [1.165, 1.54) is 16.7 Å². The first-order valence-electron chi connectivity index (χ1n) is 11.8. The molecule has 0 saturated carbocycles. The van der Waals surface area contributed by atoms with Crippen LogP contribution in [0.25, 0.3) is 0 Å². The van der Waals surface area contributed by atoms with Gasteiger partial charge >= 0.3 is 0 Å². The minimum absolute atomic E-state index is 0. The SMILES string of the molecule is Cc1cc(C)cc(C)c1.Cc1ccc(S(=O)(=O)N[C@@H](c2ccccc2)[C@@H](NCl)c2ccccc2)cc1.[Ru]. The maximum absolute atomic E-state index is 13.0. The monoisotopic (exact) mass is 622 g/mol. The molecule has 0 aromatic heterocycles. The molecule has 0 saturated heterocycles. The van der Waals surface area contributed by atoms with Gasteiger partial charge in [-0.05, 0) is 62.7 Å². The first-order valence-corrected chi connectivity index (χ1v) is 13.7. The van der Waals surface area contributed by atoms with Gasteiger partial charge in [-0.2, -0.15) is 0 Å². The maximum Gasteiger partial charge on any atom is 0.241 e. The Balaban J connectivity index is 0.000000408. The Morgan fingerprint density at radius 2 is 1.00 bits per heavy atom. The van der Waals surface area contributed by atoms with E-state index in [9.17, 15) is 8.42 Å². The van der Waals surface area contributed by atoms with Crippen LogP contribution in [-0.2, 0) is 29.5 Å². The standard InChI is InChI=1S/C21H21ClN2O2S.C9H12.Ru/c1-16-12-14-19(15-13-16)27(25,26)24-21(18-10-6-3-7-11-18)20(23-22)17-8-4-2-5-9-17;1-7-4-8(2)6-9(3)5-7;/h2-15,20-21,23-24H,1H3;4-6H,1-3H3;/t20-,21-;;/m0../s1. The Kier molecular flexibility index (Phi) is 12.2. The Bertz CT molecular complexity index is 1300. The van der Waals surface area contributed by atoms with Crippen molar-refractivity contribution < 1.29 is 27.9 Å². The molecule has 0 radical (unpaired) electrons. The number of benzene rings is 4. The molecule has 0 amide bonds. The maximum atomic E-state index is 13.0. The normalized spacial score (nSPS) is 12.5. The molecular weight excluding hydrogens is 589 g/mol. The summed E-state index contributed by atoms with van der Waals surface area (Å²) in [6, 6.07) is 31.2. The summed E-state index contributed by atoms with van der Waals surface area (Å²) >= 11 is 6.06. The average molecular weight is 622 g/mol. The molecule has 2 N–H and O–H groups in total. The van der Waals surface area contributed by atoms with Gasteiger partial charge in [-0.1, -0.05) is 113 Å². The van der Waals surface area contributed by atoms with Crippen molar-refractivity contribution in [2.75, 3.05) is 0 Å². The van der Waals surface area contributed by atoms with Gasteiger partial charge in [-0.25, -0.2) is 18.0 Å². The minimum atomic E-state index is -3.74. The van der Waals surface area contributed by atoms with Gasteiger partial charge in [-0.15, -0.1) is 0 Å². The third-order valence-corrected chi connectivity index (χ3v) is 7.44. The summed E-state index contributed by atoms with van der Waals surface area (Å²) in [5.41, 5.74) is 6.76. The van der Waals surface area contributed by atoms with Crippen molar-refractivity contribution in [2.45, 2.75) is 44.7 Å². The molecule has 0 unspecified atom stereocenters. The third kappa shape index (κ3) is 9.17. The molecule has 4 rings (SSSR count). The number of hydrogen-bond acceptors (Lipinski definition) is 3. The minimum Gasteiger partial charge on any atom is -0.224 e. The molecule has 0 bridgehead atoms. The van der Waals surface area contributed by atoms with Crippen molar-refractivity contribution in [3.8, 4) is 0 Å². The van der Waals surface area contributed by atoms with Crippen molar-refractivity contribution in [3.05, 3.63) is 137 Å². The van der Waals surface area contributed by atoms with Gasteiger partial charge in [-0.3, -0.25) is 0 Å². The first kappa shape index (κ1) is 30.9. The summed E-state index contributed by atoms with van der Waals surface area (Å²) in [5, 5.41) is 0. The number of aryl methyl sites for hydroxylation is 4. The van der Waals surface area contributed by atoms with Gasteiger partial charge in [0.15, 0.2) is 0 Å². The quantitative estimate of drug-likeness (QED) is 0.171. The van der Waals surface area contributed by atoms with Gasteiger partial charge in [0.25, 0.3) is 0 Å². The molecule has 37 heavy (non-hydrogen) atoms. The summed E-state index contributed by atoms with van der Waals surface area (Å²) in [6.07, 6.45) is 0. The molecular formula is C30H33ClN2O2RuS. The van der Waals surface area contributed by atoms with Crippen LogP contribution in [0.3, 0.4) is 0 Å².